The van der Waals surface area contributed by atoms with Crippen LogP contribution in [-0.2, 0) is 87.9 Å². The van der Waals surface area contributed by atoms with E-state index in [4.69, 9.17) is 0 Å². The van der Waals surface area contributed by atoms with Gasteiger partial charge in [-0.3, -0.25) is 13.2 Å². The van der Waals surface area contributed by atoms with E-state index in [1.54, 1.807) is 45.2 Å². The van der Waals surface area contributed by atoms with Crippen molar-refractivity contribution in [2.45, 2.75) is 221 Å². The molecule has 0 saturated carbocycles. The van der Waals surface area contributed by atoms with E-state index in [-0.39, 0.29) is 36.5 Å². The molecule has 2 fully saturated rings. The quantitative estimate of drug-likeness (QED) is 0.171. The van der Waals surface area contributed by atoms with Crippen LogP contribution >= 0.6 is 0 Å². The fourth-order valence-corrected chi connectivity index (χ4v) is 17.5. The Bertz CT molecular complexity index is 3920. The molecule has 1 N–H and O–H groups in total. The topological polar surface area (TPSA) is 222 Å². The van der Waals surface area contributed by atoms with Crippen LogP contribution in [0.2, 0.25) is 0 Å². The van der Waals surface area contributed by atoms with Gasteiger partial charge in [-0.2, -0.15) is 55.6 Å². The molecule has 19 nitrogen and oxygen atoms in total. The summed E-state index contributed by atoms with van der Waals surface area (Å²) in [6.45, 7) is 48.5. The van der Waals surface area contributed by atoms with Gasteiger partial charge in [-0.25, -0.2) is 25.4 Å². The average molecular weight is 1620 g/mol. The van der Waals surface area contributed by atoms with Gasteiger partial charge in [0.05, 0.1) is 28.3 Å². The number of hydrogen-bond acceptors (Lipinski definition) is 11. The number of sulfonamides is 2. The zero-order valence-corrected chi connectivity index (χ0v) is 73.9. The molecule has 106 heavy (non-hydrogen) atoms. The van der Waals surface area contributed by atoms with Crippen molar-refractivity contribution < 1.29 is 59.5 Å². The van der Waals surface area contributed by atoms with E-state index in [1.807, 2.05) is 59.7 Å². The van der Waals surface area contributed by atoms with Crippen LogP contribution in [0, 0.1) is 27.1 Å². The van der Waals surface area contributed by atoms with E-state index < -0.39 is 77.2 Å². The number of alkyl halides is 3. The number of benzene rings is 4. The number of hydrogen-bond donors (Lipinski definition) is 1. The monoisotopic (exact) mass is 1620 g/mol. The molecule has 0 aromatic heterocycles. The lowest BCUT2D eigenvalue weighted by Gasteiger charge is -2.40. The fourth-order valence-electron chi connectivity index (χ4n) is 9.51. The number of nitrogens with zero attached hydrogens (tertiary/aromatic N) is 7. The summed E-state index contributed by atoms with van der Waals surface area (Å²) in [6, 6.07) is 34.8. The molecule has 0 spiro atoms. The van der Waals surface area contributed by atoms with Gasteiger partial charge in [-0.15, -0.1) is 0 Å². The minimum Gasteiger partial charge on any atom is -0.267 e. The predicted molar refractivity (Wildman–Crippen MR) is 448 cm³/mol. The van der Waals surface area contributed by atoms with Gasteiger partial charge in [0.2, 0.25) is 20.0 Å². The number of halogens is 3. The van der Waals surface area contributed by atoms with Crippen molar-refractivity contribution >= 4 is 77.4 Å². The highest BCUT2D eigenvalue weighted by Crippen LogP contribution is 2.50. The molecule has 2 saturated heterocycles. The van der Waals surface area contributed by atoms with Crippen LogP contribution in [0.25, 0.3) is 0 Å². The molecule has 1 atom stereocenters. The molecule has 0 radical (unpaired) electrons. The fraction of sp³-hybridized carbons (Fsp3) is 0.679. The summed E-state index contributed by atoms with van der Waals surface area (Å²) in [6.07, 6.45) is -2.54. The van der Waals surface area contributed by atoms with Gasteiger partial charge in [0.1, 0.15) is 0 Å². The third kappa shape index (κ3) is 37.2. The normalized spacial score (nSPS) is 17.8. The molecule has 4 aliphatic rings. The number of fused-ring (bicyclic) bond motifs is 2. The summed E-state index contributed by atoms with van der Waals surface area (Å²) in [4.78, 5) is 0. The lowest BCUT2D eigenvalue weighted by Crippen LogP contribution is -2.43. The van der Waals surface area contributed by atoms with Crippen LogP contribution in [0.4, 0.5) is 24.5 Å². The van der Waals surface area contributed by atoms with E-state index >= 15 is 0 Å². The van der Waals surface area contributed by atoms with Crippen molar-refractivity contribution in [3.8, 4) is 0 Å². The van der Waals surface area contributed by atoms with Crippen LogP contribution in [0.3, 0.4) is 0 Å². The molecule has 1 unspecified atom stereocenters. The van der Waals surface area contributed by atoms with Gasteiger partial charge in [-0.1, -0.05) is 265 Å². The number of nitrogens with one attached hydrogen (secondary N) is 1. The number of anilines is 2. The van der Waals surface area contributed by atoms with Crippen molar-refractivity contribution in [1.82, 2.24) is 25.8 Å². The highest BCUT2D eigenvalue weighted by atomic mass is 32.2. The van der Waals surface area contributed by atoms with Gasteiger partial charge < -0.3 is 0 Å². The van der Waals surface area contributed by atoms with E-state index in [2.05, 4.69) is 173 Å². The smallest absolute Gasteiger partial charge is 0.267 e. The second-order valence-corrected chi connectivity index (χ2v) is 48.5. The molecule has 4 aromatic rings. The van der Waals surface area contributed by atoms with Crippen molar-refractivity contribution in [2.24, 2.45) is 27.1 Å². The molecule has 618 valence electrons. The molecule has 4 heterocycles. The van der Waals surface area contributed by atoms with Crippen LogP contribution < -0.4 is 9.03 Å². The van der Waals surface area contributed by atoms with Gasteiger partial charge in [0, 0.05) is 101 Å². The maximum Gasteiger partial charge on any atom is 0.394 e. The molecule has 28 heteroatoms. The first-order chi connectivity index (χ1) is 46.2. The Kier molecular flexibility index (Phi) is 40.8. The Balaban J connectivity index is -0.00000113. The zero-order valence-electron chi connectivity index (χ0n) is 69.0. The molecular weight excluding hydrogens is 1470 g/mol. The molecule has 0 amide bonds. The zero-order chi connectivity index (χ0) is 82.1. The third-order valence-corrected chi connectivity index (χ3v) is 27.4. The maximum atomic E-state index is 12.3. The van der Waals surface area contributed by atoms with Crippen molar-refractivity contribution in [3.63, 3.8) is 0 Å². The molecule has 4 aromatic carbocycles. The summed E-state index contributed by atoms with van der Waals surface area (Å²) >= 11 is 0. The first-order valence-electron chi connectivity index (χ1n) is 34.9. The molecule has 0 aliphatic carbocycles. The van der Waals surface area contributed by atoms with Crippen LogP contribution in [0.1, 0.15) is 215 Å². The lowest BCUT2D eigenvalue weighted by molar-refractivity contribution is -0.243. The minimum absolute atomic E-state index is 0. The first kappa shape index (κ1) is 106. The second kappa shape index (κ2) is 40.8. The van der Waals surface area contributed by atoms with Gasteiger partial charge in [0.15, 0.2) is 0 Å². The van der Waals surface area contributed by atoms with Crippen molar-refractivity contribution in [1.29, 1.82) is 0 Å². The summed E-state index contributed by atoms with van der Waals surface area (Å²) < 4.78 is 174. The Morgan fingerprint density at radius 1 is 0.472 bits per heavy atom. The van der Waals surface area contributed by atoms with Crippen LogP contribution in [0.15, 0.2) is 103 Å². The Labute approximate surface area is 646 Å². The number of rotatable bonds is 7. The summed E-state index contributed by atoms with van der Waals surface area (Å²) in [7, 11) is -5.07. The predicted octanol–water partition coefficient (Wildman–Crippen LogP) is 16.6. The summed E-state index contributed by atoms with van der Waals surface area (Å²) in [5.74, 6) is 5.80. The Morgan fingerprint density at radius 2 is 0.849 bits per heavy atom. The van der Waals surface area contributed by atoms with E-state index in [9.17, 15) is 59.5 Å². The standard InChI is InChI=1S/C13H18OS.C11H16N2O2S.2C10H14.C8H15F3.C8H20N2O2S.C8H17NO2S.C4H12N2O2S.C4H9NO2S.2CH4/c1-13(2,3)12-6-5-10-8-15(4,14)9-11(10)7-12;1-11(2,3)8-13-10-7-5-4-6-9(10)12-16(13,14)15;2*1-10(2,3)9-7-5-4-6-8-9;1-6(2,3)7(4,5)8(9,10)11;1-8(2,3)7-10(6)13(11,12)9(4)5;1-8(2,3)7-9-5-4-6-12(9,10)11;1-5(2)9(7,8)6(3)4;1-5-3-2-4-8(5,6)7;;/h5-7H,4,8-9H2,1-3H3;4-7,12H,8H2,1-3H3;2*4-8H,1-3H3;1-5H3;7H2,1-6H3;4-7H2,1-3H3;1-4H3;2-4H2,1H3;2*1H4. The Hall–Kier alpha value is -4.20. The van der Waals surface area contributed by atoms with Gasteiger partial charge >= 0.3 is 16.4 Å². The van der Waals surface area contributed by atoms with E-state index in [0.29, 0.717) is 72.3 Å². The number of para-hydroxylation sites is 2. The van der Waals surface area contributed by atoms with Crippen LogP contribution in [-0.4, -0.2) is 185 Å². The van der Waals surface area contributed by atoms with E-state index in [0.717, 1.165) is 27.1 Å². The minimum atomic E-state index is -4.12. The molecule has 4 aliphatic heterocycles. The summed E-state index contributed by atoms with van der Waals surface area (Å²) in [5.41, 5.74) is 6.33. The summed E-state index contributed by atoms with van der Waals surface area (Å²) in [5, 5.41) is 0. The average Bonchev–Trinajstić information content (AvgIpc) is 1.58. The molecular formula is C78H143F3N8O11S6. The highest BCUT2D eigenvalue weighted by molar-refractivity contribution is 7.99. The lowest BCUT2D eigenvalue weighted by atomic mass is 9.69. The largest absolute Gasteiger partial charge is 0.394 e. The van der Waals surface area contributed by atoms with Gasteiger partial charge in [-0.05, 0) is 106 Å². The van der Waals surface area contributed by atoms with Crippen molar-refractivity contribution in [3.05, 3.63) is 131 Å². The van der Waals surface area contributed by atoms with Crippen molar-refractivity contribution in [2.75, 3.05) is 110 Å². The highest BCUT2D eigenvalue weighted by Gasteiger charge is 2.54. The van der Waals surface area contributed by atoms with E-state index in [1.165, 1.54) is 101 Å². The second-order valence-electron chi connectivity index (χ2n) is 35.5. The molecule has 8 rings (SSSR count). The SMILES string of the molecule is C.C.C=S1(=O)Cc2ccc(C(C)(C)C)cc2C1.CC(C)(C)C(C)(C)C(F)(F)F.CC(C)(C)CN1CCCS1(=O)=O.CC(C)(C)CN1c2ccccc2NS1(=O)=O.CC(C)(C)c1ccccc1.CC(C)(C)c1ccccc1.CN(C)S(=O)(=O)N(C)C.CN(C)S(=O)(=O)N(C)CC(C)(C)C.CN1CCCS1(=O)=O. The molecule has 0 bridgehead atoms. The first-order valence-corrected chi connectivity index (χ1v) is 44.4. The maximum absolute atomic E-state index is 12.3. The van der Waals surface area contributed by atoms with Gasteiger partial charge in [0.25, 0.3) is 20.4 Å². The van der Waals surface area contributed by atoms with Crippen LogP contribution in [0.5, 0.6) is 0 Å². The third-order valence-electron chi connectivity index (χ3n) is 16.8. The Morgan fingerprint density at radius 3 is 1.13 bits per heavy atom.